The van der Waals surface area contributed by atoms with E-state index in [1.807, 2.05) is 0 Å². The molecule has 156 valence electrons. The fraction of sp³-hybridized carbons (Fsp3) is 0.320. The summed E-state index contributed by atoms with van der Waals surface area (Å²) in [5.41, 5.74) is 1.11. The van der Waals surface area contributed by atoms with E-state index < -0.39 is 16.8 Å². The Kier molecular flexibility index (Phi) is 8.96. The Bertz CT molecular complexity index is 1120. The van der Waals surface area contributed by atoms with Crippen LogP contribution in [-0.2, 0) is 20.4 Å². The number of nitriles is 2. The summed E-state index contributed by atoms with van der Waals surface area (Å²) < 4.78 is 4.72. The quantitative estimate of drug-likeness (QED) is 0.563. The van der Waals surface area contributed by atoms with Crippen LogP contribution in [0.3, 0.4) is 0 Å². The van der Waals surface area contributed by atoms with E-state index >= 15 is 0 Å². The molecule has 0 aliphatic heterocycles. The molecule has 0 aromatic carbocycles. The van der Waals surface area contributed by atoms with Crippen LogP contribution >= 0.6 is 0 Å². The average Bonchev–Trinajstić information content (AvgIpc) is 2.78. The number of ether oxygens (including phenoxy) is 1. The molecule has 0 bridgehead atoms. The molecule has 2 aromatic heterocycles. The molecule has 0 radical (unpaired) electrons. The van der Waals surface area contributed by atoms with E-state index in [0.717, 1.165) is 0 Å². The molecule has 6 nitrogen and oxygen atoms in total. The molecule has 31 heavy (non-hydrogen) atoms. The molecule has 0 spiro atoms. The van der Waals surface area contributed by atoms with Crippen LogP contribution in [0.25, 0.3) is 0 Å². The first-order chi connectivity index (χ1) is 14.6. The van der Waals surface area contributed by atoms with Crippen molar-refractivity contribution in [2.75, 3.05) is 6.61 Å². The summed E-state index contributed by atoms with van der Waals surface area (Å²) in [6.45, 7) is 9.12. The highest BCUT2D eigenvalue weighted by Crippen LogP contribution is 2.23. The van der Waals surface area contributed by atoms with Crippen molar-refractivity contribution in [2.24, 2.45) is 0 Å². The fourth-order valence-corrected chi connectivity index (χ4v) is 2.42. The van der Waals surface area contributed by atoms with E-state index in [4.69, 9.17) is 21.7 Å². The highest BCUT2D eigenvalue weighted by Gasteiger charge is 2.24. The van der Waals surface area contributed by atoms with Crippen molar-refractivity contribution >= 4 is 5.97 Å². The third-order valence-corrected chi connectivity index (χ3v) is 4.09. The minimum absolute atomic E-state index is 0.289. The second-order valence-corrected chi connectivity index (χ2v) is 7.39. The first kappa shape index (κ1) is 24.9. The number of hydrogen-bond acceptors (Lipinski definition) is 6. The number of hydrogen-bond donors (Lipinski definition) is 0. The predicted octanol–water partition coefficient (Wildman–Crippen LogP) is 3.66. The van der Waals surface area contributed by atoms with Crippen LogP contribution < -0.4 is 0 Å². The number of carbonyl (C=O) groups is 1. The van der Waals surface area contributed by atoms with Crippen LogP contribution in [0.4, 0.5) is 0 Å². The largest absolute Gasteiger partial charge is 0.456 e. The lowest BCUT2D eigenvalue weighted by Gasteiger charge is -2.15. The summed E-state index contributed by atoms with van der Waals surface area (Å²) in [6.07, 6.45) is 8.55. The fourth-order valence-electron chi connectivity index (χ4n) is 2.42. The first-order valence-corrected chi connectivity index (χ1v) is 9.51. The Morgan fingerprint density at radius 2 is 1.48 bits per heavy atom. The van der Waals surface area contributed by atoms with Crippen LogP contribution in [0.15, 0.2) is 36.7 Å². The molecule has 2 rings (SSSR count). The first-order valence-electron chi connectivity index (χ1n) is 9.51. The zero-order chi connectivity index (χ0) is 23.5. The number of nitrogens with zero attached hydrogens (tertiary/aromatic N) is 4. The molecular weight excluding hydrogens is 388 g/mol. The molecular formula is C25H24N4O2. The summed E-state index contributed by atoms with van der Waals surface area (Å²) in [7, 11) is 0. The number of rotatable bonds is 3. The third-order valence-electron chi connectivity index (χ3n) is 4.09. The van der Waals surface area contributed by atoms with Crippen molar-refractivity contribution in [3.05, 3.63) is 59.2 Å². The molecule has 0 aliphatic rings. The Morgan fingerprint density at radius 1 is 1.00 bits per heavy atom. The maximum Gasteiger partial charge on any atom is 0.384 e. The smallest absolute Gasteiger partial charge is 0.384 e. The third kappa shape index (κ3) is 7.01. The van der Waals surface area contributed by atoms with Gasteiger partial charge in [0.1, 0.15) is 0 Å². The second kappa shape index (κ2) is 11.2. The topological polar surface area (TPSA) is 99.7 Å². The molecule has 2 aromatic rings. The number of carbonyl (C=O) groups excluding carboxylic acids is 1. The minimum Gasteiger partial charge on any atom is -0.456 e. The van der Waals surface area contributed by atoms with Gasteiger partial charge in [-0.25, -0.2) is 4.79 Å². The number of terminal acetylenes is 1. The molecule has 0 saturated carbocycles. The van der Waals surface area contributed by atoms with E-state index in [1.165, 1.54) is 0 Å². The highest BCUT2D eigenvalue weighted by molar-refractivity contribution is 5.89. The zero-order valence-electron chi connectivity index (χ0n) is 18.4. The standard InChI is InChI=1S/C14H14N2O2.C11H10N2/c1-4-18-12(17)8-7-11-6-5-9-16-13(11)14(2,3)10-15;1-4-9-6-5-7-13-10(9)11(2,3)8-12/h5-6,9H,4H2,1-3H3;1,5-7H,2-3H3. The monoisotopic (exact) mass is 412 g/mol. The highest BCUT2D eigenvalue weighted by atomic mass is 16.5. The Morgan fingerprint density at radius 3 is 1.94 bits per heavy atom. The van der Waals surface area contributed by atoms with Crippen molar-refractivity contribution in [2.45, 2.75) is 45.4 Å². The number of pyridine rings is 2. The maximum absolute atomic E-state index is 11.2. The Labute approximate surface area is 183 Å². The van der Waals surface area contributed by atoms with Gasteiger partial charge in [-0.1, -0.05) is 11.8 Å². The van der Waals surface area contributed by atoms with Gasteiger partial charge in [-0.3, -0.25) is 9.97 Å². The molecule has 0 amide bonds. The molecule has 2 heterocycles. The molecule has 0 fully saturated rings. The number of esters is 1. The summed E-state index contributed by atoms with van der Waals surface area (Å²) >= 11 is 0. The van der Waals surface area contributed by atoms with E-state index in [0.29, 0.717) is 22.5 Å². The van der Waals surface area contributed by atoms with Crippen molar-refractivity contribution in [3.8, 4) is 36.3 Å². The summed E-state index contributed by atoms with van der Waals surface area (Å²) in [6, 6.07) is 11.3. The minimum atomic E-state index is -0.750. The molecule has 0 N–H and O–H groups in total. The predicted molar refractivity (Wildman–Crippen MR) is 117 cm³/mol. The van der Waals surface area contributed by atoms with Crippen LogP contribution in [0.2, 0.25) is 0 Å². The molecule has 0 unspecified atom stereocenters. The molecule has 6 heteroatoms. The Hall–Kier alpha value is -4.13. The molecule has 0 saturated heterocycles. The average molecular weight is 412 g/mol. The van der Waals surface area contributed by atoms with Gasteiger partial charge >= 0.3 is 5.97 Å². The second-order valence-electron chi connectivity index (χ2n) is 7.39. The normalized spacial score (nSPS) is 10.0. The summed E-state index contributed by atoms with van der Waals surface area (Å²) in [5, 5.41) is 18.0. The molecule has 0 atom stereocenters. The zero-order valence-corrected chi connectivity index (χ0v) is 18.4. The van der Waals surface area contributed by atoms with Crippen LogP contribution in [0, 0.1) is 46.8 Å². The lowest BCUT2D eigenvalue weighted by atomic mass is 9.88. The van der Waals surface area contributed by atoms with Gasteiger partial charge in [0.05, 0.1) is 41.0 Å². The van der Waals surface area contributed by atoms with E-state index in [1.54, 1.807) is 71.3 Å². The van der Waals surface area contributed by atoms with Gasteiger partial charge < -0.3 is 4.74 Å². The lowest BCUT2D eigenvalue weighted by Crippen LogP contribution is -2.17. The lowest BCUT2D eigenvalue weighted by molar-refractivity contribution is -0.136. The van der Waals surface area contributed by atoms with Gasteiger partial charge in [0.2, 0.25) is 0 Å². The van der Waals surface area contributed by atoms with Gasteiger partial charge in [0.25, 0.3) is 0 Å². The van der Waals surface area contributed by atoms with E-state index in [9.17, 15) is 4.79 Å². The van der Waals surface area contributed by atoms with Crippen molar-refractivity contribution in [1.82, 2.24) is 9.97 Å². The van der Waals surface area contributed by atoms with Crippen molar-refractivity contribution in [3.63, 3.8) is 0 Å². The number of aromatic nitrogens is 2. The van der Waals surface area contributed by atoms with Gasteiger partial charge in [-0.2, -0.15) is 10.5 Å². The van der Waals surface area contributed by atoms with Gasteiger partial charge in [-0.05, 0) is 58.9 Å². The Balaban J connectivity index is 0.000000327. The van der Waals surface area contributed by atoms with Crippen molar-refractivity contribution in [1.29, 1.82) is 10.5 Å². The molecule has 0 aliphatic carbocycles. The van der Waals surface area contributed by atoms with Gasteiger partial charge in [0, 0.05) is 29.4 Å². The van der Waals surface area contributed by atoms with E-state index in [2.05, 4.69) is 39.9 Å². The van der Waals surface area contributed by atoms with Crippen LogP contribution in [0.5, 0.6) is 0 Å². The van der Waals surface area contributed by atoms with Gasteiger partial charge in [0.15, 0.2) is 0 Å². The van der Waals surface area contributed by atoms with Crippen LogP contribution in [-0.4, -0.2) is 22.5 Å². The van der Waals surface area contributed by atoms with Crippen molar-refractivity contribution < 1.29 is 9.53 Å². The maximum atomic E-state index is 11.2. The van der Waals surface area contributed by atoms with Gasteiger partial charge in [-0.15, -0.1) is 6.42 Å². The van der Waals surface area contributed by atoms with Crippen LogP contribution in [0.1, 0.15) is 57.1 Å². The van der Waals surface area contributed by atoms with E-state index in [-0.39, 0.29) is 6.61 Å². The summed E-state index contributed by atoms with van der Waals surface area (Å²) in [5.74, 6) is 7.02. The summed E-state index contributed by atoms with van der Waals surface area (Å²) in [4.78, 5) is 19.5. The SMILES string of the molecule is C#Cc1cccnc1C(C)(C)C#N.CCOC(=O)C#Cc1cccnc1C(C)(C)C#N.